The lowest BCUT2D eigenvalue weighted by Gasteiger charge is -2.19. The molecule has 0 aliphatic heterocycles. The predicted molar refractivity (Wildman–Crippen MR) is 70.3 cm³/mol. The molecule has 0 saturated carbocycles. The summed E-state index contributed by atoms with van der Waals surface area (Å²) < 4.78 is 13.8. The molecule has 1 aromatic rings. The average molecular weight is 309 g/mol. The van der Waals surface area contributed by atoms with Crippen molar-refractivity contribution in [1.29, 1.82) is 0 Å². The summed E-state index contributed by atoms with van der Waals surface area (Å²) in [5, 5.41) is 3.34. The highest BCUT2D eigenvalue weighted by molar-refractivity contribution is 9.10. The molecule has 2 unspecified atom stereocenters. The van der Waals surface area contributed by atoms with E-state index in [1.165, 1.54) is 6.07 Å². The van der Waals surface area contributed by atoms with Gasteiger partial charge in [-0.05, 0) is 40.4 Å². The van der Waals surface area contributed by atoms with Gasteiger partial charge in [-0.2, -0.15) is 0 Å². The second-order valence-corrected chi connectivity index (χ2v) is 5.12. The Labute approximate surface area is 110 Å². The quantitative estimate of drug-likeness (QED) is 0.812. The van der Waals surface area contributed by atoms with Gasteiger partial charge in [0, 0.05) is 18.5 Å². The summed E-state index contributed by atoms with van der Waals surface area (Å²) in [7, 11) is 0. The van der Waals surface area contributed by atoms with Crippen LogP contribution >= 0.6 is 27.5 Å². The van der Waals surface area contributed by atoms with E-state index in [0.29, 0.717) is 28.9 Å². The van der Waals surface area contributed by atoms with Crippen molar-refractivity contribution in [3.8, 4) is 0 Å². The third kappa shape index (κ3) is 3.72. The second kappa shape index (κ2) is 6.58. The molecule has 0 aliphatic carbocycles. The van der Waals surface area contributed by atoms with E-state index in [9.17, 15) is 4.39 Å². The molecule has 90 valence electrons. The van der Waals surface area contributed by atoms with Crippen LogP contribution in [0.15, 0.2) is 22.7 Å². The van der Waals surface area contributed by atoms with Gasteiger partial charge in [0.15, 0.2) is 0 Å². The number of hydrogen-bond donors (Lipinski definition) is 1. The fraction of sp³-hybridized carbons (Fsp3) is 0.500. The maximum Gasteiger partial charge on any atom is 0.137 e. The van der Waals surface area contributed by atoms with Crippen LogP contribution in [0.2, 0.25) is 0 Å². The number of halogens is 3. The van der Waals surface area contributed by atoms with Crippen LogP contribution in [0.5, 0.6) is 0 Å². The summed E-state index contributed by atoms with van der Waals surface area (Å²) in [5.74, 6) is 0.796. The first-order valence-electron chi connectivity index (χ1n) is 5.28. The lowest BCUT2D eigenvalue weighted by molar-refractivity contribution is 0.429. The van der Waals surface area contributed by atoms with Crippen molar-refractivity contribution in [2.75, 3.05) is 5.88 Å². The molecule has 1 rings (SSSR count). The third-order valence-corrected chi connectivity index (χ3v) is 4.12. The lowest BCUT2D eigenvalue weighted by Crippen LogP contribution is -2.32. The van der Waals surface area contributed by atoms with E-state index in [1.54, 1.807) is 6.07 Å². The maximum absolute atomic E-state index is 13.2. The van der Waals surface area contributed by atoms with Crippen LogP contribution in [0, 0.1) is 11.7 Å². The molecule has 0 spiro atoms. The van der Waals surface area contributed by atoms with Crippen molar-refractivity contribution in [3.05, 3.63) is 34.1 Å². The van der Waals surface area contributed by atoms with Crippen LogP contribution in [0.1, 0.15) is 19.4 Å². The van der Waals surface area contributed by atoms with Crippen molar-refractivity contribution in [2.24, 2.45) is 5.92 Å². The van der Waals surface area contributed by atoms with Gasteiger partial charge in [-0.25, -0.2) is 4.39 Å². The van der Waals surface area contributed by atoms with Crippen LogP contribution in [0.4, 0.5) is 4.39 Å². The summed E-state index contributed by atoms with van der Waals surface area (Å²) in [6, 6.07) is 5.37. The van der Waals surface area contributed by atoms with Gasteiger partial charge < -0.3 is 5.32 Å². The summed E-state index contributed by atoms with van der Waals surface area (Å²) >= 11 is 9.02. The average Bonchev–Trinajstić information content (AvgIpc) is 2.29. The van der Waals surface area contributed by atoms with E-state index < -0.39 is 0 Å². The molecule has 2 atom stereocenters. The SMILES string of the molecule is CC(CCl)C(C)NCc1cccc(F)c1Br. The van der Waals surface area contributed by atoms with E-state index >= 15 is 0 Å². The first kappa shape index (κ1) is 13.9. The molecule has 1 nitrogen and oxygen atoms in total. The monoisotopic (exact) mass is 307 g/mol. The van der Waals surface area contributed by atoms with Crippen LogP contribution in [-0.2, 0) is 6.54 Å². The van der Waals surface area contributed by atoms with Gasteiger partial charge in [0.25, 0.3) is 0 Å². The largest absolute Gasteiger partial charge is 0.310 e. The zero-order valence-corrected chi connectivity index (χ0v) is 11.8. The van der Waals surface area contributed by atoms with Crippen LogP contribution in [0.25, 0.3) is 0 Å². The van der Waals surface area contributed by atoms with Gasteiger partial charge in [-0.15, -0.1) is 11.6 Å². The Morgan fingerprint density at radius 2 is 2.12 bits per heavy atom. The Hall–Kier alpha value is -0.120. The minimum Gasteiger partial charge on any atom is -0.310 e. The van der Waals surface area contributed by atoms with Gasteiger partial charge in [-0.3, -0.25) is 0 Å². The van der Waals surface area contributed by atoms with E-state index in [2.05, 4.69) is 35.1 Å². The van der Waals surface area contributed by atoms with Crippen LogP contribution in [0.3, 0.4) is 0 Å². The zero-order valence-electron chi connectivity index (χ0n) is 9.43. The number of hydrogen-bond acceptors (Lipinski definition) is 1. The number of alkyl halides is 1. The fourth-order valence-electron chi connectivity index (χ4n) is 1.29. The highest BCUT2D eigenvalue weighted by Gasteiger charge is 2.11. The van der Waals surface area contributed by atoms with Crippen molar-refractivity contribution < 1.29 is 4.39 Å². The van der Waals surface area contributed by atoms with Gasteiger partial charge in [0.1, 0.15) is 5.82 Å². The molecule has 0 saturated heterocycles. The summed E-state index contributed by atoms with van der Waals surface area (Å²) in [6.07, 6.45) is 0. The third-order valence-electron chi connectivity index (χ3n) is 2.74. The van der Waals surface area contributed by atoms with Crippen molar-refractivity contribution in [1.82, 2.24) is 5.32 Å². The van der Waals surface area contributed by atoms with Crippen LogP contribution < -0.4 is 5.32 Å². The van der Waals surface area contributed by atoms with E-state index in [4.69, 9.17) is 11.6 Å². The van der Waals surface area contributed by atoms with Gasteiger partial charge in [-0.1, -0.05) is 19.1 Å². The smallest absolute Gasteiger partial charge is 0.137 e. The molecule has 4 heteroatoms. The topological polar surface area (TPSA) is 12.0 Å². The summed E-state index contributed by atoms with van der Waals surface area (Å²) in [4.78, 5) is 0. The standard InChI is InChI=1S/C12H16BrClFN/c1-8(6-14)9(2)16-7-10-4-3-5-11(15)12(10)13/h3-5,8-9,16H,6-7H2,1-2H3. The van der Waals surface area contributed by atoms with Gasteiger partial charge in [0.05, 0.1) is 4.47 Å². The minimum atomic E-state index is -0.225. The van der Waals surface area contributed by atoms with Crippen molar-refractivity contribution >= 4 is 27.5 Å². The molecule has 0 amide bonds. The maximum atomic E-state index is 13.2. The van der Waals surface area contributed by atoms with Gasteiger partial charge >= 0.3 is 0 Å². The van der Waals surface area contributed by atoms with E-state index in [0.717, 1.165) is 5.56 Å². The Bertz CT molecular complexity index is 346. The summed E-state index contributed by atoms with van der Waals surface area (Å²) in [5.41, 5.74) is 0.925. The molecule has 0 radical (unpaired) electrons. The van der Waals surface area contributed by atoms with E-state index in [-0.39, 0.29) is 5.82 Å². The molecular formula is C12H16BrClFN. The van der Waals surface area contributed by atoms with Crippen molar-refractivity contribution in [2.45, 2.75) is 26.4 Å². The molecule has 0 heterocycles. The minimum absolute atomic E-state index is 0.225. The highest BCUT2D eigenvalue weighted by Crippen LogP contribution is 2.20. The highest BCUT2D eigenvalue weighted by atomic mass is 79.9. The second-order valence-electron chi connectivity index (χ2n) is 4.01. The Morgan fingerprint density at radius 3 is 2.75 bits per heavy atom. The number of rotatable bonds is 5. The molecule has 0 fully saturated rings. The normalized spacial score (nSPS) is 14.8. The van der Waals surface area contributed by atoms with Gasteiger partial charge in [0.2, 0.25) is 0 Å². The predicted octanol–water partition coefficient (Wildman–Crippen LogP) is 3.94. The van der Waals surface area contributed by atoms with Crippen LogP contribution in [-0.4, -0.2) is 11.9 Å². The molecule has 0 bridgehead atoms. The molecule has 1 aromatic carbocycles. The molecule has 0 aliphatic rings. The lowest BCUT2D eigenvalue weighted by atomic mass is 10.1. The molecule has 0 aromatic heterocycles. The Balaban J connectivity index is 2.58. The first-order chi connectivity index (χ1) is 7.56. The number of benzene rings is 1. The first-order valence-corrected chi connectivity index (χ1v) is 6.61. The van der Waals surface area contributed by atoms with Crippen molar-refractivity contribution in [3.63, 3.8) is 0 Å². The molecule has 1 N–H and O–H groups in total. The Morgan fingerprint density at radius 1 is 1.44 bits per heavy atom. The summed E-state index contributed by atoms with van der Waals surface area (Å²) in [6.45, 7) is 4.81. The van der Waals surface area contributed by atoms with E-state index in [1.807, 2.05) is 6.07 Å². The zero-order chi connectivity index (χ0) is 12.1. The molecular weight excluding hydrogens is 292 g/mol. The number of nitrogens with one attached hydrogen (secondary N) is 1. The molecule has 16 heavy (non-hydrogen) atoms. The fourth-order valence-corrected chi connectivity index (χ4v) is 1.96. The Kier molecular flexibility index (Phi) is 5.73.